The summed E-state index contributed by atoms with van der Waals surface area (Å²) in [6, 6.07) is 19.5. The Kier molecular flexibility index (Phi) is 6.76. The second-order valence-corrected chi connectivity index (χ2v) is 5.66. The summed E-state index contributed by atoms with van der Waals surface area (Å²) in [7, 11) is 1.96. The first kappa shape index (κ1) is 17.2. The molecule has 0 aliphatic heterocycles. The van der Waals surface area contributed by atoms with Gasteiger partial charge in [-0.1, -0.05) is 42.5 Å². The molecule has 2 aromatic carbocycles. The molecule has 2 rings (SSSR count). The molecule has 0 amide bonds. The van der Waals surface area contributed by atoms with E-state index in [2.05, 4.69) is 6.07 Å². The highest BCUT2D eigenvalue weighted by atomic mass is 16.5. The van der Waals surface area contributed by atoms with Gasteiger partial charge in [-0.05, 0) is 30.3 Å². The van der Waals surface area contributed by atoms with Crippen molar-refractivity contribution in [1.29, 1.82) is 5.26 Å². The van der Waals surface area contributed by atoms with Gasteiger partial charge in [-0.25, -0.2) is 0 Å². The maximum Gasteiger partial charge on any atom is 0.0991 e. The molecule has 0 saturated heterocycles. The Balaban J connectivity index is 1.69. The minimum atomic E-state index is -0.526. The van der Waals surface area contributed by atoms with Crippen molar-refractivity contribution in [3.05, 3.63) is 71.3 Å². The van der Waals surface area contributed by atoms with Crippen molar-refractivity contribution in [2.24, 2.45) is 0 Å². The zero-order valence-corrected chi connectivity index (χ0v) is 13.4. The van der Waals surface area contributed by atoms with Gasteiger partial charge in [0.2, 0.25) is 0 Å². The van der Waals surface area contributed by atoms with Gasteiger partial charge in [0.15, 0.2) is 0 Å². The number of aliphatic hydroxyl groups is 1. The molecule has 0 aromatic heterocycles. The summed E-state index contributed by atoms with van der Waals surface area (Å²) < 4.78 is 5.55. The molecule has 0 fully saturated rings. The minimum absolute atomic E-state index is 0.312. The van der Waals surface area contributed by atoms with Crippen LogP contribution < -0.4 is 0 Å². The Morgan fingerprint density at radius 2 is 1.78 bits per heavy atom. The highest BCUT2D eigenvalue weighted by molar-refractivity contribution is 5.31. The third-order valence-electron chi connectivity index (χ3n) is 3.48. The van der Waals surface area contributed by atoms with Crippen LogP contribution in [0.5, 0.6) is 0 Å². The van der Waals surface area contributed by atoms with Crippen LogP contribution in [0.25, 0.3) is 0 Å². The highest BCUT2D eigenvalue weighted by Gasteiger charge is 2.09. The molecule has 0 spiro atoms. The van der Waals surface area contributed by atoms with Crippen LogP contribution in [-0.4, -0.2) is 36.3 Å². The summed E-state index contributed by atoms with van der Waals surface area (Å²) in [6.07, 6.45) is -0.526. The molecule has 0 saturated carbocycles. The van der Waals surface area contributed by atoms with Crippen molar-refractivity contribution in [3.8, 4) is 6.07 Å². The Bertz CT molecular complexity index is 620. The Morgan fingerprint density at radius 1 is 1.09 bits per heavy atom. The van der Waals surface area contributed by atoms with Crippen molar-refractivity contribution in [2.75, 3.05) is 20.2 Å². The number of hydrogen-bond donors (Lipinski definition) is 1. The zero-order valence-electron chi connectivity index (χ0n) is 13.4. The molecule has 4 nitrogen and oxygen atoms in total. The van der Waals surface area contributed by atoms with E-state index >= 15 is 0 Å². The Labute approximate surface area is 137 Å². The van der Waals surface area contributed by atoms with E-state index in [-0.39, 0.29) is 0 Å². The lowest BCUT2D eigenvalue weighted by Gasteiger charge is -2.20. The number of benzene rings is 2. The summed E-state index contributed by atoms with van der Waals surface area (Å²) >= 11 is 0. The largest absolute Gasteiger partial charge is 0.389 e. The molecule has 0 aliphatic carbocycles. The Hall–Kier alpha value is -2.19. The van der Waals surface area contributed by atoms with Crippen LogP contribution in [0.2, 0.25) is 0 Å². The molecule has 1 unspecified atom stereocenters. The van der Waals surface area contributed by atoms with Gasteiger partial charge in [-0.3, -0.25) is 4.90 Å². The van der Waals surface area contributed by atoms with Crippen LogP contribution in [0.3, 0.4) is 0 Å². The number of hydrogen-bond acceptors (Lipinski definition) is 4. The number of nitrogens with zero attached hydrogens (tertiary/aromatic N) is 2. The highest BCUT2D eigenvalue weighted by Crippen LogP contribution is 2.07. The first-order chi connectivity index (χ1) is 11.2. The summed E-state index contributed by atoms with van der Waals surface area (Å²) in [6.45, 7) is 2.08. The molecule has 1 N–H and O–H groups in total. The normalized spacial score (nSPS) is 12.1. The molecule has 23 heavy (non-hydrogen) atoms. The van der Waals surface area contributed by atoms with E-state index in [0.29, 0.717) is 25.3 Å². The van der Waals surface area contributed by atoms with E-state index in [9.17, 15) is 5.11 Å². The standard InChI is InChI=1S/C19H22N2O2/c1-21(12-17-9-7-16(11-20)8-10-17)13-19(22)15-23-14-18-5-3-2-4-6-18/h2-10,19,22H,12-15H2,1H3. The molecule has 2 aromatic rings. The first-order valence-electron chi connectivity index (χ1n) is 7.64. The SMILES string of the molecule is CN(Cc1ccc(C#N)cc1)CC(O)COCc1ccccc1. The fourth-order valence-corrected chi connectivity index (χ4v) is 2.36. The number of aliphatic hydroxyl groups excluding tert-OH is 1. The van der Waals surface area contributed by atoms with E-state index in [1.54, 1.807) is 0 Å². The summed E-state index contributed by atoms with van der Waals surface area (Å²) in [4.78, 5) is 2.04. The van der Waals surface area contributed by atoms with Gasteiger partial charge in [0.25, 0.3) is 0 Å². The lowest BCUT2D eigenvalue weighted by atomic mass is 10.1. The van der Waals surface area contributed by atoms with E-state index in [1.165, 1.54) is 0 Å². The third-order valence-corrected chi connectivity index (χ3v) is 3.48. The zero-order chi connectivity index (χ0) is 16.5. The predicted octanol–water partition coefficient (Wildman–Crippen LogP) is 2.57. The molecular formula is C19H22N2O2. The first-order valence-corrected chi connectivity index (χ1v) is 7.64. The second-order valence-electron chi connectivity index (χ2n) is 5.66. The topological polar surface area (TPSA) is 56.5 Å². The molecule has 4 heteroatoms. The minimum Gasteiger partial charge on any atom is -0.389 e. The van der Waals surface area contributed by atoms with Gasteiger partial charge in [0.1, 0.15) is 0 Å². The summed E-state index contributed by atoms with van der Waals surface area (Å²) in [5.41, 5.74) is 2.88. The second kappa shape index (κ2) is 9.06. The lowest BCUT2D eigenvalue weighted by Crippen LogP contribution is -2.31. The van der Waals surface area contributed by atoms with Gasteiger partial charge >= 0.3 is 0 Å². The van der Waals surface area contributed by atoms with Crippen LogP contribution in [-0.2, 0) is 17.9 Å². The number of ether oxygens (including phenoxy) is 1. The van der Waals surface area contributed by atoms with Crippen molar-refractivity contribution < 1.29 is 9.84 Å². The van der Waals surface area contributed by atoms with Crippen LogP contribution in [0.15, 0.2) is 54.6 Å². The fourth-order valence-electron chi connectivity index (χ4n) is 2.36. The number of rotatable bonds is 8. The lowest BCUT2D eigenvalue weighted by molar-refractivity contribution is 0.0127. The molecule has 0 bridgehead atoms. The smallest absolute Gasteiger partial charge is 0.0991 e. The van der Waals surface area contributed by atoms with Crippen molar-refractivity contribution in [2.45, 2.75) is 19.3 Å². The van der Waals surface area contributed by atoms with Crippen molar-refractivity contribution in [3.63, 3.8) is 0 Å². The molecule has 1 atom stereocenters. The molecule has 0 aliphatic rings. The van der Waals surface area contributed by atoms with Crippen molar-refractivity contribution >= 4 is 0 Å². The third kappa shape index (κ3) is 6.21. The average molecular weight is 310 g/mol. The van der Waals surface area contributed by atoms with Gasteiger partial charge in [-0.2, -0.15) is 5.26 Å². The molecule has 0 radical (unpaired) electrons. The van der Waals surface area contributed by atoms with Crippen LogP contribution in [0.1, 0.15) is 16.7 Å². The van der Waals surface area contributed by atoms with Crippen LogP contribution in [0, 0.1) is 11.3 Å². The van der Waals surface area contributed by atoms with E-state index < -0.39 is 6.10 Å². The Morgan fingerprint density at radius 3 is 2.43 bits per heavy atom. The average Bonchev–Trinajstić information content (AvgIpc) is 2.56. The predicted molar refractivity (Wildman–Crippen MR) is 89.6 cm³/mol. The van der Waals surface area contributed by atoms with Gasteiger partial charge in [-0.15, -0.1) is 0 Å². The van der Waals surface area contributed by atoms with Crippen molar-refractivity contribution in [1.82, 2.24) is 4.90 Å². The quantitative estimate of drug-likeness (QED) is 0.814. The molecular weight excluding hydrogens is 288 g/mol. The maximum absolute atomic E-state index is 10.0. The fraction of sp³-hybridized carbons (Fsp3) is 0.316. The van der Waals surface area contributed by atoms with E-state index in [0.717, 1.165) is 17.7 Å². The van der Waals surface area contributed by atoms with E-state index in [4.69, 9.17) is 10.00 Å². The number of likely N-dealkylation sites (N-methyl/N-ethyl adjacent to an activating group) is 1. The van der Waals surface area contributed by atoms with Gasteiger partial charge < -0.3 is 9.84 Å². The van der Waals surface area contributed by atoms with Crippen LogP contribution >= 0.6 is 0 Å². The summed E-state index contributed by atoms with van der Waals surface area (Å²) in [5.74, 6) is 0. The van der Waals surface area contributed by atoms with E-state index in [1.807, 2.05) is 66.5 Å². The van der Waals surface area contributed by atoms with Gasteiger partial charge in [0.05, 0.1) is 31.0 Å². The maximum atomic E-state index is 10.0. The monoisotopic (exact) mass is 310 g/mol. The molecule has 120 valence electrons. The van der Waals surface area contributed by atoms with Gasteiger partial charge in [0, 0.05) is 13.1 Å². The summed E-state index contributed by atoms with van der Waals surface area (Å²) in [5, 5.41) is 18.8. The van der Waals surface area contributed by atoms with Crippen LogP contribution in [0.4, 0.5) is 0 Å². The molecule has 0 heterocycles. The number of nitriles is 1.